The SMILES string of the molecule is CCCCC1(CCCC)Nc2cccc3c(C4C([O-])C(c5ccc6c7c(cccc57)NC(CCCC)(CCCC)N6)C4[O-])ccc(c23)N1. The smallest absolute Gasteiger partial charge is 0.108 e. The minimum atomic E-state index is -1.00. The highest BCUT2D eigenvalue weighted by atomic mass is 16.3. The molecule has 48 heavy (non-hydrogen) atoms. The predicted octanol–water partition coefficient (Wildman–Crippen LogP) is 9.16. The van der Waals surface area contributed by atoms with Crippen molar-refractivity contribution in [2.24, 2.45) is 0 Å². The molecule has 4 aromatic carbocycles. The summed E-state index contributed by atoms with van der Waals surface area (Å²) in [6.07, 6.45) is 11.4. The number of nitrogens with one attached hydrogen (secondary N) is 4. The molecule has 2 aliphatic heterocycles. The molecule has 0 aromatic heterocycles. The lowest BCUT2D eigenvalue weighted by atomic mass is 9.62. The standard InChI is InChI=1S/C42H54N4O2/c1-5-9-23-41(24-10-6-2)43-31-17-13-15-27-29(19-21-33(45-41)35(27)31)37-39(47)38(40(37)48)30-20-22-34-36-28(30)16-14-18-32(36)44-42(46-34,25-11-7-3)26-12-8-4/h13-22,37-40,43-46H,5-12,23-26H2,1-4H3/q-2. The highest BCUT2D eigenvalue weighted by Crippen LogP contribution is 2.53. The van der Waals surface area contributed by atoms with Crippen LogP contribution in [-0.2, 0) is 0 Å². The molecule has 0 unspecified atom stereocenters. The molecule has 4 N–H and O–H groups in total. The highest BCUT2D eigenvalue weighted by Gasteiger charge is 2.42. The van der Waals surface area contributed by atoms with Crippen molar-refractivity contribution in [3.8, 4) is 0 Å². The van der Waals surface area contributed by atoms with Gasteiger partial charge in [0.1, 0.15) is 11.3 Å². The maximum absolute atomic E-state index is 14.3. The zero-order valence-corrected chi connectivity index (χ0v) is 29.4. The average Bonchev–Trinajstić information content (AvgIpc) is 3.10. The zero-order chi connectivity index (χ0) is 33.5. The molecule has 1 saturated carbocycles. The van der Waals surface area contributed by atoms with Crippen molar-refractivity contribution >= 4 is 44.3 Å². The monoisotopic (exact) mass is 646 g/mol. The number of benzene rings is 4. The number of unbranched alkanes of at least 4 members (excludes halogenated alkanes) is 4. The van der Waals surface area contributed by atoms with Gasteiger partial charge in [-0.2, -0.15) is 0 Å². The fourth-order valence-corrected chi connectivity index (χ4v) is 9.00. The quantitative estimate of drug-likeness (QED) is 0.109. The minimum absolute atomic E-state index is 0.178. The summed E-state index contributed by atoms with van der Waals surface area (Å²) >= 11 is 0. The topological polar surface area (TPSA) is 94.2 Å². The van der Waals surface area contributed by atoms with Crippen molar-refractivity contribution in [2.75, 3.05) is 21.3 Å². The molecule has 6 heteroatoms. The van der Waals surface area contributed by atoms with Gasteiger partial charge >= 0.3 is 0 Å². The van der Waals surface area contributed by atoms with Crippen LogP contribution < -0.4 is 31.5 Å². The molecular formula is C42H54N4O2-2. The Morgan fingerprint density at radius 1 is 0.479 bits per heavy atom. The Bertz CT molecular complexity index is 1590. The normalized spacial score (nSPS) is 23.1. The van der Waals surface area contributed by atoms with Gasteiger partial charge in [0.25, 0.3) is 0 Å². The number of anilines is 4. The summed E-state index contributed by atoms with van der Waals surface area (Å²) in [5.41, 5.74) is 5.86. The van der Waals surface area contributed by atoms with Gasteiger partial charge in [-0.25, -0.2) is 0 Å². The first kappa shape index (κ1) is 33.0. The van der Waals surface area contributed by atoms with Crippen LogP contribution in [-0.4, -0.2) is 23.5 Å². The van der Waals surface area contributed by atoms with Crippen molar-refractivity contribution in [1.29, 1.82) is 0 Å². The second-order valence-corrected chi connectivity index (χ2v) is 14.9. The molecule has 0 bridgehead atoms. The van der Waals surface area contributed by atoms with E-state index in [0.717, 1.165) is 132 Å². The third-order valence-corrected chi connectivity index (χ3v) is 11.6. The zero-order valence-electron chi connectivity index (χ0n) is 29.4. The molecule has 7 rings (SSSR count). The lowest BCUT2D eigenvalue weighted by molar-refractivity contribution is -0.535. The van der Waals surface area contributed by atoms with Gasteiger partial charge in [0.05, 0.1) is 0 Å². The Kier molecular flexibility index (Phi) is 9.25. The van der Waals surface area contributed by atoms with E-state index in [1.165, 1.54) is 0 Å². The van der Waals surface area contributed by atoms with E-state index in [1.54, 1.807) is 0 Å². The van der Waals surface area contributed by atoms with Crippen LogP contribution >= 0.6 is 0 Å². The molecule has 0 saturated heterocycles. The van der Waals surface area contributed by atoms with Crippen LogP contribution in [0.4, 0.5) is 22.7 Å². The molecule has 0 atom stereocenters. The Morgan fingerprint density at radius 2 is 0.812 bits per heavy atom. The van der Waals surface area contributed by atoms with Gasteiger partial charge < -0.3 is 31.5 Å². The van der Waals surface area contributed by atoms with E-state index in [-0.39, 0.29) is 11.3 Å². The van der Waals surface area contributed by atoms with E-state index in [9.17, 15) is 10.2 Å². The fourth-order valence-electron chi connectivity index (χ4n) is 9.00. The van der Waals surface area contributed by atoms with Crippen LogP contribution in [0.3, 0.4) is 0 Å². The number of rotatable bonds is 14. The molecule has 0 amide bonds. The maximum Gasteiger partial charge on any atom is 0.108 e. The van der Waals surface area contributed by atoms with E-state index in [4.69, 9.17) is 0 Å². The van der Waals surface area contributed by atoms with Gasteiger partial charge in [0, 0.05) is 33.5 Å². The number of hydrogen-bond acceptors (Lipinski definition) is 6. The van der Waals surface area contributed by atoms with Crippen molar-refractivity contribution in [1.82, 2.24) is 0 Å². The average molecular weight is 647 g/mol. The third kappa shape index (κ3) is 5.59. The van der Waals surface area contributed by atoms with Crippen LogP contribution in [0, 0.1) is 0 Å². The van der Waals surface area contributed by atoms with Gasteiger partial charge in [-0.15, -0.1) is 12.2 Å². The summed E-state index contributed by atoms with van der Waals surface area (Å²) in [5, 5.41) is 48.4. The minimum Gasteiger partial charge on any atom is -0.851 e. The van der Waals surface area contributed by atoms with Gasteiger partial charge in [0.2, 0.25) is 0 Å². The lowest BCUT2D eigenvalue weighted by Crippen LogP contribution is -2.63. The van der Waals surface area contributed by atoms with Gasteiger partial charge in [-0.05, 0) is 109 Å². The van der Waals surface area contributed by atoms with Crippen molar-refractivity contribution < 1.29 is 10.2 Å². The van der Waals surface area contributed by atoms with Gasteiger partial charge in [-0.1, -0.05) is 89.8 Å². The van der Waals surface area contributed by atoms with E-state index < -0.39 is 24.0 Å². The summed E-state index contributed by atoms with van der Waals surface area (Å²) in [5.74, 6) is -1.16. The first-order chi connectivity index (χ1) is 23.4. The summed E-state index contributed by atoms with van der Waals surface area (Å²) in [4.78, 5) is 0. The van der Waals surface area contributed by atoms with Crippen molar-refractivity contribution in [3.05, 3.63) is 71.8 Å². The van der Waals surface area contributed by atoms with E-state index in [0.29, 0.717) is 0 Å². The first-order valence-electron chi connectivity index (χ1n) is 18.9. The molecule has 1 aliphatic carbocycles. The van der Waals surface area contributed by atoms with Crippen molar-refractivity contribution in [3.63, 3.8) is 0 Å². The van der Waals surface area contributed by atoms with Crippen molar-refractivity contribution in [2.45, 2.75) is 140 Å². The van der Waals surface area contributed by atoms with Crippen LogP contribution in [0.1, 0.15) is 128 Å². The van der Waals surface area contributed by atoms with E-state index in [1.807, 2.05) is 0 Å². The van der Waals surface area contributed by atoms with Gasteiger partial charge in [0.15, 0.2) is 0 Å². The fraction of sp³-hybridized carbons (Fsp3) is 0.524. The summed E-state index contributed by atoms with van der Waals surface area (Å²) < 4.78 is 0. The van der Waals surface area contributed by atoms with Crippen LogP contribution in [0.2, 0.25) is 0 Å². The Balaban J connectivity index is 1.19. The van der Waals surface area contributed by atoms with Gasteiger partial charge in [-0.3, -0.25) is 0 Å². The second-order valence-electron chi connectivity index (χ2n) is 14.9. The second kappa shape index (κ2) is 13.4. The summed E-state index contributed by atoms with van der Waals surface area (Å²) in [6, 6.07) is 21.1. The molecule has 2 heterocycles. The van der Waals surface area contributed by atoms with Crippen LogP contribution in [0.25, 0.3) is 21.5 Å². The number of hydrogen-bond donors (Lipinski definition) is 4. The molecule has 0 spiro atoms. The largest absolute Gasteiger partial charge is 0.851 e. The van der Waals surface area contributed by atoms with E-state index >= 15 is 0 Å². The molecule has 256 valence electrons. The molecule has 3 aliphatic rings. The highest BCUT2D eigenvalue weighted by molar-refractivity contribution is 6.08. The summed E-state index contributed by atoms with van der Waals surface area (Å²) in [6.45, 7) is 8.98. The molecular weight excluding hydrogens is 592 g/mol. The van der Waals surface area contributed by atoms with E-state index in [2.05, 4.69) is 110 Å². The predicted molar refractivity (Wildman–Crippen MR) is 199 cm³/mol. The Hall–Kier alpha value is -3.48. The van der Waals surface area contributed by atoms with Crippen LogP contribution in [0.15, 0.2) is 60.7 Å². The first-order valence-corrected chi connectivity index (χ1v) is 18.9. The Morgan fingerprint density at radius 3 is 1.15 bits per heavy atom. The third-order valence-electron chi connectivity index (χ3n) is 11.6. The molecule has 4 aromatic rings. The molecule has 1 fully saturated rings. The molecule has 0 radical (unpaired) electrons. The lowest BCUT2D eigenvalue weighted by Gasteiger charge is -2.62. The summed E-state index contributed by atoms with van der Waals surface area (Å²) in [7, 11) is 0. The Labute approximate surface area is 287 Å². The van der Waals surface area contributed by atoms with Crippen LogP contribution in [0.5, 0.6) is 0 Å². The molecule has 6 nitrogen and oxygen atoms in total. The maximum atomic E-state index is 14.3.